The smallest absolute Gasteiger partial charge is 0.310 e. The zero-order valence-electron chi connectivity index (χ0n) is 22.5. The van der Waals surface area contributed by atoms with Crippen LogP contribution < -0.4 is 0 Å². The van der Waals surface area contributed by atoms with Gasteiger partial charge in [0.25, 0.3) is 0 Å². The van der Waals surface area contributed by atoms with Gasteiger partial charge in [0.1, 0.15) is 0 Å². The fraction of sp³-hybridized carbons (Fsp3) is 0.900. The van der Waals surface area contributed by atoms with Crippen molar-refractivity contribution in [3.8, 4) is 0 Å². The van der Waals surface area contributed by atoms with Crippen LogP contribution in [0, 0.1) is 56.7 Å². The Balaban J connectivity index is 1.63. The Bertz CT molecular complexity index is 907. The molecule has 4 saturated carbocycles. The van der Waals surface area contributed by atoms with Gasteiger partial charge in [-0.05, 0) is 90.8 Å². The number of aliphatic hydroxyl groups is 2. The number of fused-ring (bicyclic) bond motifs is 7. The second kappa shape index (κ2) is 7.34. The van der Waals surface area contributed by atoms with Crippen LogP contribution in [0.5, 0.6) is 0 Å². The first-order valence-corrected chi connectivity index (χ1v) is 14.0. The van der Waals surface area contributed by atoms with Crippen molar-refractivity contribution in [1.29, 1.82) is 0 Å². The lowest BCUT2D eigenvalue weighted by atomic mass is 9.33. The molecule has 0 aromatic heterocycles. The fourth-order valence-corrected chi connectivity index (χ4v) is 10.8. The van der Waals surface area contributed by atoms with Crippen LogP contribution in [-0.4, -0.2) is 33.5 Å². The van der Waals surface area contributed by atoms with Gasteiger partial charge in [-0.25, -0.2) is 0 Å². The van der Waals surface area contributed by atoms with Crippen LogP contribution in [0.2, 0.25) is 0 Å². The third-order valence-corrected chi connectivity index (χ3v) is 13.5. The highest BCUT2D eigenvalue weighted by atomic mass is 16.4. The molecule has 5 rings (SSSR count). The SMILES string of the molecule is C[C@H]1[C@H](C)CC[C@]2(C(=O)O)CC[C@]3(C)C(=CC[C@@H]4[C@@]5(C)C(O)C[C@@H](O)C(C)(C)[C@@H]5CC[C@]43C)[C@H]12. The van der Waals surface area contributed by atoms with Crippen molar-refractivity contribution in [1.82, 2.24) is 0 Å². The summed E-state index contributed by atoms with van der Waals surface area (Å²) in [5, 5.41) is 32.9. The molecule has 11 atom stereocenters. The molecule has 0 aliphatic heterocycles. The Labute approximate surface area is 206 Å². The summed E-state index contributed by atoms with van der Waals surface area (Å²) in [6.45, 7) is 16.3. The molecule has 3 N–H and O–H groups in total. The Morgan fingerprint density at radius 3 is 2.24 bits per heavy atom. The number of allylic oxidation sites excluding steroid dienone is 2. The molecule has 5 aliphatic rings. The van der Waals surface area contributed by atoms with Gasteiger partial charge in [0, 0.05) is 11.8 Å². The van der Waals surface area contributed by atoms with E-state index in [9.17, 15) is 20.1 Å². The summed E-state index contributed by atoms with van der Waals surface area (Å²) in [6.07, 6.45) is 8.49. The zero-order valence-corrected chi connectivity index (χ0v) is 22.5. The van der Waals surface area contributed by atoms with E-state index in [-0.39, 0.29) is 33.5 Å². The van der Waals surface area contributed by atoms with Crippen molar-refractivity contribution in [3.05, 3.63) is 11.6 Å². The first-order valence-electron chi connectivity index (χ1n) is 14.0. The number of aliphatic carboxylic acids is 1. The average Bonchev–Trinajstić information content (AvgIpc) is 2.75. The van der Waals surface area contributed by atoms with Gasteiger partial charge in [-0.1, -0.05) is 60.1 Å². The molecule has 0 bridgehead atoms. The Morgan fingerprint density at radius 2 is 1.59 bits per heavy atom. The molecule has 0 saturated heterocycles. The number of carbonyl (C=O) groups is 1. The summed E-state index contributed by atoms with van der Waals surface area (Å²) in [7, 11) is 0. The van der Waals surface area contributed by atoms with Crippen molar-refractivity contribution in [2.24, 2.45) is 56.7 Å². The predicted molar refractivity (Wildman–Crippen MR) is 134 cm³/mol. The van der Waals surface area contributed by atoms with E-state index in [1.54, 1.807) is 0 Å². The molecule has 0 aromatic carbocycles. The number of carboxylic acid groups (broad SMARTS) is 1. The highest BCUT2D eigenvalue weighted by Crippen LogP contribution is 2.75. The van der Waals surface area contributed by atoms with E-state index < -0.39 is 23.6 Å². The minimum atomic E-state index is -0.613. The van der Waals surface area contributed by atoms with Crippen LogP contribution in [0.3, 0.4) is 0 Å². The molecule has 4 fully saturated rings. The third-order valence-electron chi connectivity index (χ3n) is 13.5. The van der Waals surface area contributed by atoms with E-state index in [0.29, 0.717) is 24.2 Å². The summed E-state index contributed by atoms with van der Waals surface area (Å²) in [5.41, 5.74) is 0.348. The molecule has 34 heavy (non-hydrogen) atoms. The maximum Gasteiger partial charge on any atom is 0.310 e. The molecule has 0 spiro atoms. The third kappa shape index (κ3) is 2.71. The minimum Gasteiger partial charge on any atom is -0.481 e. The molecule has 4 heteroatoms. The van der Waals surface area contributed by atoms with Gasteiger partial charge < -0.3 is 15.3 Å². The van der Waals surface area contributed by atoms with E-state index in [2.05, 4.69) is 54.5 Å². The Hall–Kier alpha value is -0.870. The average molecular weight is 473 g/mol. The lowest BCUT2D eigenvalue weighted by Gasteiger charge is -2.72. The number of carboxylic acids is 1. The summed E-state index contributed by atoms with van der Waals surface area (Å²) in [4.78, 5) is 12.8. The number of hydrogen-bond acceptors (Lipinski definition) is 3. The Morgan fingerprint density at radius 1 is 0.912 bits per heavy atom. The fourth-order valence-electron chi connectivity index (χ4n) is 10.8. The number of rotatable bonds is 1. The van der Waals surface area contributed by atoms with Gasteiger partial charge in [0.2, 0.25) is 0 Å². The van der Waals surface area contributed by atoms with Crippen molar-refractivity contribution in [2.45, 2.75) is 112 Å². The topological polar surface area (TPSA) is 77.8 Å². The number of aliphatic hydroxyl groups excluding tert-OH is 2. The molecular formula is C30H48O4. The van der Waals surface area contributed by atoms with Crippen LogP contribution in [0.15, 0.2) is 11.6 Å². The van der Waals surface area contributed by atoms with Crippen molar-refractivity contribution in [2.75, 3.05) is 0 Å². The first-order chi connectivity index (χ1) is 15.7. The van der Waals surface area contributed by atoms with Crippen LogP contribution in [0.1, 0.15) is 99.8 Å². The van der Waals surface area contributed by atoms with E-state index in [1.165, 1.54) is 5.57 Å². The maximum absolute atomic E-state index is 12.8. The standard InChI is InChI=1S/C30H48O4/c1-17-10-13-30(25(33)34)15-14-27(5)19(24(30)18(17)2)8-9-21-28(27,6)12-11-20-26(3,4)22(31)16-23(32)29(20,21)7/h8,17-18,20-24,31-32H,9-16H2,1-7H3,(H,33,34)/t17-,18+,20+,21+,22-,23?,24+,27-,28-,29+,30+/m1/s1. The zero-order chi connectivity index (χ0) is 25.1. The van der Waals surface area contributed by atoms with Gasteiger partial charge in [-0.2, -0.15) is 0 Å². The van der Waals surface area contributed by atoms with Gasteiger partial charge in [-0.15, -0.1) is 0 Å². The Kier molecular flexibility index (Phi) is 5.36. The van der Waals surface area contributed by atoms with E-state index in [1.807, 2.05) is 0 Å². The highest BCUT2D eigenvalue weighted by molar-refractivity contribution is 5.76. The summed E-state index contributed by atoms with van der Waals surface area (Å²) in [6, 6.07) is 0. The second-order valence-corrected chi connectivity index (χ2v) is 14.6. The molecule has 5 aliphatic carbocycles. The molecule has 0 heterocycles. The molecular weight excluding hydrogens is 424 g/mol. The normalized spacial score (nSPS) is 56.3. The van der Waals surface area contributed by atoms with Crippen LogP contribution in [0.4, 0.5) is 0 Å². The summed E-state index contributed by atoms with van der Waals surface area (Å²) in [5.74, 6) is 1.07. The van der Waals surface area contributed by atoms with E-state index in [4.69, 9.17) is 0 Å². The van der Waals surface area contributed by atoms with Gasteiger partial charge >= 0.3 is 5.97 Å². The van der Waals surface area contributed by atoms with Crippen molar-refractivity contribution >= 4 is 5.97 Å². The lowest BCUT2D eigenvalue weighted by Crippen LogP contribution is -2.68. The lowest BCUT2D eigenvalue weighted by molar-refractivity contribution is -0.244. The summed E-state index contributed by atoms with van der Waals surface area (Å²) >= 11 is 0. The molecule has 0 radical (unpaired) electrons. The largest absolute Gasteiger partial charge is 0.481 e. The quantitative estimate of drug-likeness (QED) is 0.405. The van der Waals surface area contributed by atoms with Gasteiger partial charge in [-0.3, -0.25) is 4.79 Å². The molecule has 4 nitrogen and oxygen atoms in total. The molecule has 192 valence electrons. The minimum absolute atomic E-state index is 0.0206. The maximum atomic E-state index is 12.8. The predicted octanol–water partition coefficient (Wildman–Crippen LogP) is 6.06. The van der Waals surface area contributed by atoms with Crippen LogP contribution >= 0.6 is 0 Å². The van der Waals surface area contributed by atoms with Crippen LogP contribution in [0.25, 0.3) is 0 Å². The molecule has 0 amide bonds. The second-order valence-electron chi connectivity index (χ2n) is 14.6. The van der Waals surface area contributed by atoms with Crippen LogP contribution in [-0.2, 0) is 4.79 Å². The first kappa shape index (κ1) is 24.8. The monoisotopic (exact) mass is 472 g/mol. The van der Waals surface area contributed by atoms with Gasteiger partial charge in [0.05, 0.1) is 17.6 Å². The van der Waals surface area contributed by atoms with E-state index in [0.717, 1.165) is 44.9 Å². The van der Waals surface area contributed by atoms with Crippen molar-refractivity contribution < 1.29 is 20.1 Å². The summed E-state index contributed by atoms with van der Waals surface area (Å²) < 4.78 is 0. The molecule has 0 aromatic rings. The van der Waals surface area contributed by atoms with Gasteiger partial charge in [0.15, 0.2) is 0 Å². The van der Waals surface area contributed by atoms with Crippen molar-refractivity contribution in [3.63, 3.8) is 0 Å². The molecule has 1 unspecified atom stereocenters. The number of hydrogen-bond donors (Lipinski definition) is 3. The van der Waals surface area contributed by atoms with E-state index >= 15 is 0 Å². The highest BCUT2D eigenvalue weighted by Gasteiger charge is 2.71.